The van der Waals surface area contributed by atoms with Crippen LogP contribution in [0.4, 0.5) is 0 Å². The number of hydrogen-bond donors (Lipinski definition) is 1. The van der Waals surface area contributed by atoms with E-state index < -0.39 is 6.04 Å². The maximum Gasteiger partial charge on any atom is 0.245 e. The Morgan fingerprint density at radius 3 is 2.92 bits per heavy atom. The summed E-state index contributed by atoms with van der Waals surface area (Å²) in [6, 6.07) is 3.26. The first kappa shape index (κ1) is 17.6. The first-order valence-electron chi connectivity index (χ1n) is 8.16. The molecule has 134 valence electrons. The van der Waals surface area contributed by atoms with Crippen LogP contribution in [0.15, 0.2) is 22.0 Å². The van der Waals surface area contributed by atoms with Crippen molar-refractivity contribution in [1.29, 1.82) is 0 Å². The van der Waals surface area contributed by atoms with Gasteiger partial charge in [0.25, 0.3) is 0 Å². The lowest BCUT2D eigenvalue weighted by atomic mass is 10.2. The molecule has 2 amide bonds. The fourth-order valence-electron chi connectivity index (χ4n) is 2.52. The molecule has 1 saturated heterocycles. The highest BCUT2D eigenvalue weighted by Crippen LogP contribution is 2.21. The van der Waals surface area contributed by atoms with Gasteiger partial charge in [-0.25, -0.2) is 0 Å². The summed E-state index contributed by atoms with van der Waals surface area (Å²) in [5.41, 5.74) is 0. The Labute approximate surface area is 149 Å². The molecule has 2 aromatic heterocycles. The molecule has 0 bridgehead atoms. The fraction of sp³-hybridized carbons (Fsp3) is 0.500. The van der Waals surface area contributed by atoms with Crippen LogP contribution >= 0.6 is 11.3 Å². The van der Waals surface area contributed by atoms with Crippen molar-refractivity contribution >= 4 is 23.2 Å². The molecule has 1 aliphatic rings. The predicted molar refractivity (Wildman–Crippen MR) is 90.9 cm³/mol. The summed E-state index contributed by atoms with van der Waals surface area (Å²) in [5.74, 6) is 0.631. The number of amides is 2. The monoisotopic (exact) mass is 364 g/mol. The van der Waals surface area contributed by atoms with Gasteiger partial charge in [0.1, 0.15) is 6.04 Å². The molecule has 2 aromatic rings. The van der Waals surface area contributed by atoms with Crippen molar-refractivity contribution in [2.75, 3.05) is 26.3 Å². The molecule has 0 aromatic carbocycles. The van der Waals surface area contributed by atoms with Crippen LogP contribution in [0.25, 0.3) is 10.7 Å². The van der Waals surface area contributed by atoms with Crippen molar-refractivity contribution in [1.82, 2.24) is 20.4 Å². The predicted octanol–water partition coefficient (Wildman–Crippen LogP) is 1.09. The van der Waals surface area contributed by atoms with Gasteiger partial charge < -0.3 is 19.5 Å². The van der Waals surface area contributed by atoms with E-state index in [2.05, 4.69) is 15.5 Å². The maximum absolute atomic E-state index is 12.3. The van der Waals surface area contributed by atoms with E-state index in [-0.39, 0.29) is 18.2 Å². The highest BCUT2D eigenvalue weighted by Gasteiger charge is 2.23. The van der Waals surface area contributed by atoms with Crippen molar-refractivity contribution < 1.29 is 18.8 Å². The van der Waals surface area contributed by atoms with E-state index in [1.165, 1.54) is 11.3 Å². The third kappa shape index (κ3) is 4.64. The van der Waals surface area contributed by atoms with Gasteiger partial charge in [0, 0.05) is 25.9 Å². The topological polar surface area (TPSA) is 97.6 Å². The van der Waals surface area contributed by atoms with E-state index in [1.54, 1.807) is 11.8 Å². The van der Waals surface area contributed by atoms with Crippen LogP contribution in [0.2, 0.25) is 0 Å². The number of morpholine rings is 1. The average Bonchev–Trinajstić information content (AvgIpc) is 3.31. The molecule has 0 spiro atoms. The number of rotatable bonds is 6. The van der Waals surface area contributed by atoms with E-state index >= 15 is 0 Å². The first-order valence-corrected chi connectivity index (χ1v) is 9.04. The zero-order valence-electron chi connectivity index (χ0n) is 13.9. The van der Waals surface area contributed by atoms with Crippen molar-refractivity contribution in [3.05, 3.63) is 23.4 Å². The van der Waals surface area contributed by atoms with Crippen LogP contribution in [0.1, 0.15) is 19.2 Å². The zero-order chi connectivity index (χ0) is 17.6. The van der Waals surface area contributed by atoms with Gasteiger partial charge in [0.15, 0.2) is 0 Å². The number of hydrogen-bond acceptors (Lipinski definition) is 7. The first-order chi connectivity index (χ1) is 12.1. The Kier molecular flexibility index (Phi) is 5.77. The lowest BCUT2D eigenvalue weighted by Crippen LogP contribution is -2.50. The maximum atomic E-state index is 12.3. The highest BCUT2D eigenvalue weighted by atomic mass is 32.1. The van der Waals surface area contributed by atoms with Gasteiger partial charge in [-0.1, -0.05) is 11.2 Å². The minimum Gasteiger partial charge on any atom is -0.378 e. The van der Waals surface area contributed by atoms with Crippen LogP contribution in [0.5, 0.6) is 0 Å². The summed E-state index contributed by atoms with van der Waals surface area (Å²) in [5, 5.41) is 8.57. The Bertz CT molecular complexity index is 710. The quantitative estimate of drug-likeness (QED) is 0.824. The lowest BCUT2D eigenvalue weighted by molar-refractivity contribution is -0.139. The number of nitrogens with one attached hydrogen (secondary N) is 1. The number of carbonyl (C=O) groups excluding carboxylic acids is 2. The van der Waals surface area contributed by atoms with Gasteiger partial charge >= 0.3 is 0 Å². The Balaban J connectivity index is 1.45. The molecule has 0 aliphatic carbocycles. The van der Waals surface area contributed by atoms with Crippen LogP contribution in [0.3, 0.4) is 0 Å². The Hall–Kier alpha value is -2.26. The summed E-state index contributed by atoms with van der Waals surface area (Å²) in [4.78, 5) is 31.2. The molecule has 3 rings (SSSR count). The van der Waals surface area contributed by atoms with Crippen molar-refractivity contribution in [3.8, 4) is 10.7 Å². The van der Waals surface area contributed by atoms with Gasteiger partial charge in [-0.15, -0.1) is 11.3 Å². The minimum absolute atomic E-state index is 0.0885. The lowest BCUT2D eigenvalue weighted by Gasteiger charge is -2.29. The van der Waals surface area contributed by atoms with Gasteiger partial charge in [0.2, 0.25) is 23.5 Å². The number of ether oxygens (including phenoxy) is 1. The van der Waals surface area contributed by atoms with E-state index in [9.17, 15) is 9.59 Å². The number of carbonyl (C=O) groups is 2. The highest BCUT2D eigenvalue weighted by molar-refractivity contribution is 7.13. The fourth-order valence-corrected chi connectivity index (χ4v) is 3.16. The SMILES string of the molecule is C[C@@H](NC(=O)CCc1nc(-c2cccs2)no1)C(=O)N1CCOCC1. The van der Waals surface area contributed by atoms with Crippen molar-refractivity contribution in [2.45, 2.75) is 25.8 Å². The summed E-state index contributed by atoms with van der Waals surface area (Å²) < 4.78 is 10.4. The van der Waals surface area contributed by atoms with Gasteiger partial charge in [-0.3, -0.25) is 9.59 Å². The zero-order valence-corrected chi connectivity index (χ0v) is 14.8. The third-order valence-electron chi connectivity index (χ3n) is 3.85. The van der Waals surface area contributed by atoms with Crippen molar-refractivity contribution in [2.24, 2.45) is 0 Å². The molecule has 8 nitrogen and oxygen atoms in total. The second kappa shape index (κ2) is 8.21. The molecule has 1 N–H and O–H groups in total. The summed E-state index contributed by atoms with van der Waals surface area (Å²) in [6.07, 6.45) is 0.523. The number of aromatic nitrogens is 2. The summed E-state index contributed by atoms with van der Waals surface area (Å²) >= 11 is 1.52. The van der Waals surface area contributed by atoms with E-state index in [0.717, 1.165) is 4.88 Å². The molecule has 25 heavy (non-hydrogen) atoms. The number of aryl methyl sites for hydroxylation is 1. The Morgan fingerprint density at radius 2 is 2.20 bits per heavy atom. The number of thiophene rings is 1. The molecule has 1 aliphatic heterocycles. The van der Waals surface area contributed by atoms with Crippen LogP contribution < -0.4 is 5.32 Å². The second-order valence-corrected chi connectivity index (χ2v) is 6.66. The number of nitrogens with zero attached hydrogens (tertiary/aromatic N) is 3. The van der Waals surface area contributed by atoms with Crippen LogP contribution in [0, 0.1) is 0 Å². The van der Waals surface area contributed by atoms with E-state index in [0.29, 0.717) is 44.4 Å². The average molecular weight is 364 g/mol. The normalized spacial score (nSPS) is 15.8. The van der Waals surface area contributed by atoms with E-state index in [4.69, 9.17) is 9.26 Å². The summed E-state index contributed by atoms with van der Waals surface area (Å²) in [7, 11) is 0. The summed E-state index contributed by atoms with van der Waals surface area (Å²) in [6.45, 7) is 3.89. The molecular formula is C16H20N4O4S. The smallest absolute Gasteiger partial charge is 0.245 e. The third-order valence-corrected chi connectivity index (χ3v) is 4.71. The molecule has 0 saturated carbocycles. The van der Waals surface area contributed by atoms with Gasteiger partial charge in [-0.2, -0.15) is 4.98 Å². The van der Waals surface area contributed by atoms with Gasteiger partial charge in [-0.05, 0) is 18.4 Å². The standard InChI is InChI=1S/C16H20N4O4S/c1-11(16(22)20-6-8-23-9-7-20)17-13(21)4-5-14-18-15(19-24-14)12-3-2-10-25-12/h2-3,10-11H,4-9H2,1H3,(H,17,21)/t11-/m1/s1. The largest absolute Gasteiger partial charge is 0.378 e. The molecule has 3 heterocycles. The second-order valence-electron chi connectivity index (χ2n) is 5.72. The minimum atomic E-state index is -0.560. The molecule has 0 radical (unpaired) electrons. The van der Waals surface area contributed by atoms with Gasteiger partial charge in [0.05, 0.1) is 18.1 Å². The molecule has 1 fully saturated rings. The molecule has 9 heteroatoms. The molecule has 1 atom stereocenters. The van der Waals surface area contributed by atoms with Crippen molar-refractivity contribution in [3.63, 3.8) is 0 Å². The van der Waals surface area contributed by atoms with Crippen LogP contribution in [-0.4, -0.2) is 59.2 Å². The Morgan fingerprint density at radius 1 is 1.40 bits per heavy atom. The van der Waals surface area contributed by atoms with Crippen LogP contribution in [-0.2, 0) is 20.7 Å². The molecule has 0 unspecified atom stereocenters. The molecular weight excluding hydrogens is 344 g/mol. The van der Waals surface area contributed by atoms with E-state index in [1.807, 2.05) is 17.5 Å².